The van der Waals surface area contributed by atoms with Crippen molar-refractivity contribution < 1.29 is 0 Å². The Morgan fingerprint density at radius 1 is 0.909 bits per heavy atom. The first-order chi connectivity index (χ1) is 5.29. The van der Waals surface area contributed by atoms with Crippen LogP contribution in [-0.2, 0) is 12.8 Å². The lowest BCUT2D eigenvalue weighted by Gasteiger charge is -2.02. The van der Waals surface area contributed by atoms with Crippen LogP contribution in [0.25, 0.3) is 0 Å². The third kappa shape index (κ3) is 1.15. The standard InChI is InChI=1S/C9H8Cl2/c10-8-4-5-9(11)7-3-1-2-6(7)8/h4-5H,1-3H2. The first-order valence-electron chi connectivity index (χ1n) is 3.75. The molecule has 0 aliphatic heterocycles. The van der Waals surface area contributed by atoms with Crippen molar-refractivity contribution in [1.82, 2.24) is 0 Å². The molecule has 0 nitrogen and oxygen atoms in total. The fourth-order valence-corrected chi connectivity index (χ4v) is 2.16. The second-order valence-corrected chi connectivity index (χ2v) is 3.65. The molecule has 0 bridgehead atoms. The molecule has 1 aliphatic carbocycles. The fraction of sp³-hybridized carbons (Fsp3) is 0.333. The Balaban J connectivity index is 2.64. The van der Waals surface area contributed by atoms with Crippen LogP contribution in [0.5, 0.6) is 0 Å². The molecule has 0 saturated carbocycles. The zero-order chi connectivity index (χ0) is 7.84. The first-order valence-corrected chi connectivity index (χ1v) is 4.50. The number of halogens is 2. The van der Waals surface area contributed by atoms with Crippen LogP contribution in [0.3, 0.4) is 0 Å². The van der Waals surface area contributed by atoms with Crippen molar-refractivity contribution in [3.63, 3.8) is 0 Å². The minimum absolute atomic E-state index is 0.877. The molecule has 58 valence electrons. The van der Waals surface area contributed by atoms with E-state index in [1.165, 1.54) is 17.5 Å². The SMILES string of the molecule is Clc1ccc(Cl)c2c1CCC2. The van der Waals surface area contributed by atoms with Crippen LogP contribution in [0.4, 0.5) is 0 Å². The van der Waals surface area contributed by atoms with Crippen LogP contribution in [0, 0.1) is 0 Å². The molecule has 0 amide bonds. The van der Waals surface area contributed by atoms with E-state index in [0.717, 1.165) is 22.9 Å². The van der Waals surface area contributed by atoms with E-state index >= 15 is 0 Å². The van der Waals surface area contributed by atoms with Gasteiger partial charge in [0.2, 0.25) is 0 Å². The molecule has 0 spiro atoms. The van der Waals surface area contributed by atoms with Gasteiger partial charge in [0, 0.05) is 10.0 Å². The van der Waals surface area contributed by atoms with Gasteiger partial charge >= 0.3 is 0 Å². The second kappa shape index (κ2) is 2.69. The Kier molecular flexibility index (Phi) is 1.82. The Labute approximate surface area is 76.1 Å². The molecular weight excluding hydrogens is 179 g/mol. The molecule has 1 aromatic carbocycles. The maximum Gasteiger partial charge on any atom is 0.0441 e. The molecule has 0 aromatic heterocycles. The number of fused-ring (bicyclic) bond motifs is 1. The van der Waals surface area contributed by atoms with E-state index in [4.69, 9.17) is 23.2 Å². The van der Waals surface area contributed by atoms with Gasteiger partial charge in [-0.05, 0) is 42.5 Å². The molecule has 11 heavy (non-hydrogen) atoms. The molecule has 0 fully saturated rings. The van der Waals surface area contributed by atoms with Crippen LogP contribution in [0.15, 0.2) is 12.1 Å². The van der Waals surface area contributed by atoms with E-state index in [9.17, 15) is 0 Å². The second-order valence-electron chi connectivity index (χ2n) is 2.84. The van der Waals surface area contributed by atoms with Gasteiger partial charge in [0.1, 0.15) is 0 Å². The van der Waals surface area contributed by atoms with Gasteiger partial charge in [0.05, 0.1) is 0 Å². The molecule has 0 radical (unpaired) electrons. The van der Waals surface area contributed by atoms with Crippen LogP contribution in [0.1, 0.15) is 17.5 Å². The van der Waals surface area contributed by atoms with E-state index in [0.29, 0.717) is 0 Å². The number of rotatable bonds is 0. The highest BCUT2D eigenvalue weighted by molar-refractivity contribution is 6.34. The maximum absolute atomic E-state index is 5.98. The Bertz CT molecular complexity index is 263. The molecule has 0 N–H and O–H groups in total. The summed E-state index contributed by atoms with van der Waals surface area (Å²) < 4.78 is 0. The van der Waals surface area contributed by atoms with Gasteiger partial charge in [-0.3, -0.25) is 0 Å². The average Bonchev–Trinajstić information content (AvgIpc) is 2.45. The fourth-order valence-electron chi connectivity index (χ4n) is 1.62. The van der Waals surface area contributed by atoms with Crippen LogP contribution >= 0.6 is 23.2 Å². The monoisotopic (exact) mass is 186 g/mol. The summed E-state index contributed by atoms with van der Waals surface area (Å²) in [5.41, 5.74) is 2.53. The summed E-state index contributed by atoms with van der Waals surface area (Å²) in [6.07, 6.45) is 3.38. The Morgan fingerprint density at radius 3 is 1.82 bits per heavy atom. The number of benzene rings is 1. The molecule has 0 unspecified atom stereocenters. The molecule has 2 rings (SSSR count). The highest BCUT2D eigenvalue weighted by Gasteiger charge is 2.16. The smallest absolute Gasteiger partial charge is 0.0441 e. The van der Waals surface area contributed by atoms with Crippen molar-refractivity contribution in [2.45, 2.75) is 19.3 Å². The quantitative estimate of drug-likeness (QED) is 0.583. The minimum atomic E-state index is 0.877. The summed E-state index contributed by atoms with van der Waals surface area (Å²) in [7, 11) is 0. The Morgan fingerprint density at radius 2 is 1.36 bits per heavy atom. The van der Waals surface area contributed by atoms with E-state index in [1.54, 1.807) is 0 Å². The molecular formula is C9H8Cl2. The van der Waals surface area contributed by atoms with E-state index in [2.05, 4.69) is 0 Å². The van der Waals surface area contributed by atoms with E-state index in [-0.39, 0.29) is 0 Å². The van der Waals surface area contributed by atoms with Crippen LogP contribution in [0.2, 0.25) is 10.0 Å². The van der Waals surface area contributed by atoms with Crippen molar-refractivity contribution >= 4 is 23.2 Å². The molecule has 2 heteroatoms. The molecule has 1 aromatic rings. The van der Waals surface area contributed by atoms with Crippen LogP contribution < -0.4 is 0 Å². The van der Waals surface area contributed by atoms with Crippen molar-refractivity contribution in [2.75, 3.05) is 0 Å². The lowest BCUT2D eigenvalue weighted by molar-refractivity contribution is 0.912. The molecule has 0 atom stereocenters. The highest BCUT2D eigenvalue weighted by Crippen LogP contribution is 2.33. The number of hydrogen-bond acceptors (Lipinski definition) is 0. The first kappa shape index (κ1) is 7.45. The molecule has 0 saturated heterocycles. The largest absolute Gasteiger partial charge is 0.0840 e. The van der Waals surface area contributed by atoms with E-state index in [1.807, 2.05) is 12.1 Å². The third-order valence-corrected chi connectivity index (χ3v) is 2.88. The average molecular weight is 187 g/mol. The maximum atomic E-state index is 5.98. The lowest BCUT2D eigenvalue weighted by atomic mass is 10.1. The van der Waals surface area contributed by atoms with Crippen LogP contribution in [-0.4, -0.2) is 0 Å². The summed E-state index contributed by atoms with van der Waals surface area (Å²) in [4.78, 5) is 0. The zero-order valence-corrected chi connectivity index (χ0v) is 7.54. The van der Waals surface area contributed by atoms with Gasteiger partial charge in [0.15, 0.2) is 0 Å². The number of hydrogen-bond donors (Lipinski definition) is 0. The van der Waals surface area contributed by atoms with Gasteiger partial charge in [-0.15, -0.1) is 0 Å². The molecule has 1 aliphatic rings. The lowest BCUT2D eigenvalue weighted by Crippen LogP contribution is -1.84. The topological polar surface area (TPSA) is 0 Å². The summed E-state index contributed by atoms with van der Waals surface area (Å²) in [6, 6.07) is 3.77. The predicted molar refractivity (Wildman–Crippen MR) is 48.5 cm³/mol. The highest BCUT2D eigenvalue weighted by atomic mass is 35.5. The zero-order valence-electron chi connectivity index (χ0n) is 6.03. The predicted octanol–water partition coefficient (Wildman–Crippen LogP) is 3.48. The summed E-state index contributed by atoms with van der Waals surface area (Å²) in [6.45, 7) is 0. The van der Waals surface area contributed by atoms with Gasteiger partial charge in [-0.25, -0.2) is 0 Å². The normalized spacial score (nSPS) is 15.1. The van der Waals surface area contributed by atoms with Crippen molar-refractivity contribution in [3.05, 3.63) is 33.3 Å². The summed E-state index contributed by atoms with van der Waals surface area (Å²) in [5.74, 6) is 0. The third-order valence-electron chi connectivity index (χ3n) is 2.17. The van der Waals surface area contributed by atoms with Gasteiger partial charge in [-0.1, -0.05) is 23.2 Å². The van der Waals surface area contributed by atoms with Gasteiger partial charge in [0.25, 0.3) is 0 Å². The van der Waals surface area contributed by atoms with Crippen molar-refractivity contribution in [1.29, 1.82) is 0 Å². The van der Waals surface area contributed by atoms with Gasteiger partial charge in [-0.2, -0.15) is 0 Å². The minimum Gasteiger partial charge on any atom is -0.0840 e. The summed E-state index contributed by atoms with van der Waals surface area (Å²) in [5, 5.41) is 1.75. The van der Waals surface area contributed by atoms with E-state index < -0.39 is 0 Å². The molecule has 0 heterocycles. The Hall–Kier alpha value is -0.200. The van der Waals surface area contributed by atoms with Crippen molar-refractivity contribution in [2.24, 2.45) is 0 Å². The summed E-state index contributed by atoms with van der Waals surface area (Å²) >= 11 is 12.0. The van der Waals surface area contributed by atoms with Gasteiger partial charge < -0.3 is 0 Å². The van der Waals surface area contributed by atoms with Crippen molar-refractivity contribution in [3.8, 4) is 0 Å².